The van der Waals surface area contributed by atoms with Crippen LogP contribution in [-0.2, 0) is 4.79 Å². The normalized spacial score (nSPS) is 14.7. The highest BCUT2D eigenvalue weighted by Gasteiger charge is 2.09. The molecule has 0 aliphatic rings. The minimum absolute atomic E-state index is 0.125. The van der Waals surface area contributed by atoms with Crippen molar-refractivity contribution in [3.05, 3.63) is 0 Å². The Balaban J connectivity index is 3.47. The van der Waals surface area contributed by atoms with Gasteiger partial charge in [0.15, 0.2) is 0 Å². The molecule has 3 heteroatoms. The van der Waals surface area contributed by atoms with Crippen LogP contribution in [0.1, 0.15) is 59.3 Å². The zero-order valence-electron chi connectivity index (χ0n) is 10.2. The Bertz CT molecular complexity index is 171. The van der Waals surface area contributed by atoms with Gasteiger partial charge in [0.2, 0.25) is 5.91 Å². The first-order valence-corrected chi connectivity index (χ1v) is 6.43. The molecule has 0 heterocycles. The lowest BCUT2D eigenvalue weighted by Crippen LogP contribution is -2.33. The number of carbonyl (C=O) groups excluding carboxylic acids is 1. The van der Waals surface area contributed by atoms with Gasteiger partial charge >= 0.3 is 0 Å². The van der Waals surface area contributed by atoms with Crippen LogP contribution in [0.15, 0.2) is 0 Å². The molecular weight excluding hydrogens is 210 g/mol. The van der Waals surface area contributed by atoms with Crippen molar-refractivity contribution in [1.29, 1.82) is 0 Å². The van der Waals surface area contributed by atoms with Crippen molar-refractivity contribution in [3.8, 4) is 0 Å². The molecule has 2 atom stereocenters. The molecule has 0 saturated heterocycles. The van der Waals surface area contributed by atoms with Crippen molar-refractivity contribution in [2.45, 2.75) is 70.7 Å². The van der Waals surface area contributed by atoms with E-state index in [1.54, 1.807) is 0 Å². The summed E-state index contributed by atoms with van der Waals surface area (Å²) in [6, 6.07) is 0.191. The molecule has 0 aromatic carbocycles. The summed E-state index contributed by atoms with van der Waals surface area (Å²) in [6.45, 7) is 6.12. The number of hydrogen-bond acceptors (Lipinski definition) is 1. The quantitative estimate of drug-likeness (QED) is 0.505. The second kappa shape index (κ2) is 9.02. The van der Waals surface area contributed by atoms with E-state index in [-0.39, 0.29) is 17.3 Å². The van der Waals surface area contributed by atoms with E-state index in [0.29, 0.717) is 6.42 Å². The van der Waals surface area contributed by atoms with Crippen molar-refractivity contribution in [2.24, 2.45) is 0 Å². The van der Waals surface area contributed by atoms with Crippen LogP contribution < -0.4 is 5.32 Å². The van der Waals surface area contributed by atoms with Crippen LogP contribution in [0.3, 0.4) is 0 Å². The van der Waals surface area contributed by atoms with Crippen molar-refractivity contribution in [3.63, 3.8) is 0 Å². The van der Waals surface area contributed by atoms with Gasteiger partial charge in [-0.15, -0.1) is 11.6 Å². The van der Waals surface area contributed by atoms with E-state index >= 15 is 0 Å². The molecule has 0 rings (SSSR count). The Labute approximate surface area is 98.8 Å². The second-order valence-corrected chi connectivity index (χ2v) is 5.04. The van der Waals surface area contributed by atoms with E-state index in [4.69, 9.17) is 11.6 Å². The van der Waals surface area contributed by atoms with Crippen LogP contribution in [0.25, 0.3) is 0 Å². The van der Waals surface area contributed by atoms with E-state index in [1.807, 2.05) is 13.8 Å². The Morgan fingerprint density at radius 2 is 1.93 bits per heavy atom. The summed E-state index contributed by atoms with van der Waals surface area (Å²) in [4.78, 5) is 11.4. The summed E-state index contributed by atoms with van der Waals surface area (Å²) in [5.41, 5.74) is 0. The van der Waals surface area contributed by atoms with Crippen molar-refractivity contribution in [2.75, 3.05) is 0 Å². The standard InChI is InChI=1S/C12H24ClNO/c1-4-5-6-7-8-12(15)14-11(3)9-10(2)13/h10-11H,4-9H2,1-3H3,(H,14,15). The number of rotatable bonds is 8. The summed E-state index contributed by atoms with van der Waals surface area (Å²) < 4.78 is 0. The predicted octanol–water partition coefficient (Wildman–Crippen LogP) is 3.48. The van der Waals surface area contributed by atoms with Crippen molar-refractivity contribution < 1.29 is 4.79 Å². The molecule has 2 nitrogen and oxygen atoms in total. The Morgan fingerprint density at radius 3 is 2.47 bits per heavy atom. The molecule has 0 saturated carbocycles. The van der Waals surface area contributed by atoms with Gasteiger partial charge in [0.25, 0.3) is 0 Å². The van der Waals surface area contributed by atoms with Gasteiger partial charge in [-0.05, 0) is 26.7 Å². The third kappa shape index (κ3) is 10.1. The van der Waals surface area contributed by atoms with E-state index in [1.165, 1.54) is 12.8 Å². The van der Waals surface area contributed by atoms with E-state index in [0.717, 1.165) is 19.3 Å². The largest absolute Gasteiger partial charge is 0.354 e. The minimum atomic E-state index is 0.125. The summed E-state index contributed by atoms with van der Waals surface area (Å²) in [6.07, 6.45) is 6.08. The van der Waals surface area contributed by atoms with Crippen molar-refractivity contribution >= 4 is 17.5 Å². The fourth-order valence-electron chi connectivity index (χ4n) is 1.61. The third-order valence-electron chi connectivity index (χ3n) is 2.34. The molecule has 0 aliphatic heterocycles. The Kier molecular flexibility index (Phi) is 8.88. The summed E-state index contributed by atoms with van der Waals surface area (Å²) in [5.74, 6) is 0.163. The number of alkyl halides is 1. The molecule has 0 spiro atoms. The molecule has 1 N–H and O–H groups in total. The highest BCUT2D eigenvalue weighted by Crippen LogP contribution is 2.06. The number of hydrogen-bond donors (Lipinski definition) is 1. The Hall–Kier alpha value is -0.240. The number of amides is 1. The van der Waals surface area contributed by atoms with Gasteiger partial charge in [-0.3, -0.25) is 4.79 Å². The summed E-state index contributed by atoms with van der Waals surface area (Å²) in [7, 11) is 0. The molecule has 0 radical (unpaired) electrons. The van der Waals surface area contributed by atoms with Crippen LogP contribution in [0, 0.1) is 0 Å². The maximum Gasteiger partial charge on any atom is 0.220 e. The van der Waals surface area contributed by atoms with E-state index in [2.05, 4.69) is 12.2 Å². The molecular formula is C12H24ClNO. The van der Waals surface area contributed by atoms with Crippen LogP contribution in [-0.4, -0.2) is 17.3 Å². The molecule has 0 aromatic heterocycles. The average Bonchev–Trinajstić information content (AvgIpc) is 2.10. The molecule has 0 bridgehead atoms. The van der Waals surface area contributed by atoms with Gasteiger partial charge in [-0.1, -0.05) is 26.2 Å². The molecule has 0 aromatic rings. The van der Waals surface area contributed by atoms with E-state index < -0.39 is 0 Å². The van der Waals surface area contributed by atoms with Gasteiger partial charge < -0.3 is 5.32 Å². The maximum absolute atomic E-state index is 11.4. The first-order chi connectivity index (χ1) is 7.06. The fraction of sp³-hybridized carbons (Fsp3) is 0.917. The van der Waals surface area contributed by atoms with Crippen LogP contribution in [0.2, 0.25) is 0 Å². The molecule has 0 fully saturated rings. The fourth-order valence-corrected chi connectivity index (χ4v) is 1.87. The highest BCUT2D eigenvalue weighted by molar-refractivity contribution is 6.20. The average molecular weight is 234 g/mol. The zero-order valence-corrected chi connectivity index (χ0v) is 10.9. The lowest BCUT2D eigenvalue weighted by atomic mass is 10.1. The number of carbonyl (C=O) groups is 1. The molecule has 2 unspecified atom stereocenters. The van der Waals surface area contributed by atoms with Gasteiger partial charge in [0, 0.05) is 17.8 Å². The monoisotopic (exact) mass is 233 g/mol. The highest BCUT2D eigenvalue weighted by atomic mass is 35.5. The topological polar surface area (TPSA) is 29.1 Å². The third-order valence-corrected chi connectivity index (χ3v) is 2.52. The first kappa shape index (κ1) is 14.8. The smallest absolute Gasteiger partial charge is 0.220 e. The predicted molar refractivity (Wildman–Crippen MR) is 66.3 cm³/mol. The SMILES string of the molecule is CCCCCCC(=O)NC(C)CC(C)Cl. The number of nitrogens with one attached hydrogen (secondary N) is 1. The molecule has 1 amide bonds. The number of unbranched alkanes of at least 4 members (excludes halogenated alkanes) is 3. The zero-order chi connectivity index (χ0) is 11.7. The lowest BCUT2D eigenvalue weighted by molar-refractivity contribution is -0.121. The van der Waals surface area contributed by atoms with Crippen molar-refractivity contribution in [1.82, 2.24) is 5.32 Å². The van der Waals surface area contributed by atoms with E-state index in [9.17, 15) is 4.79 Å². The summed E-state index contributed by atoms with van der Waals surface area (Å²) >= 11 is 5.85. The van der Waals surface area contributed by atoms with Gasteiger partial charge in [0.05, 0.1) is 0 Å². The minimum Gasteiger partial charge on any atom is -0.354 e. The Morgan fingerprint density at radius 1 is 1.27 bits per heavy atom. The maximum atomic E-state index is 11.4. The number of halogens is 1. The van der Waals surface area contributed by atoms with Gasteiger partial charge in [-0.25, -0.2) is 0 Å². The summed E-state index contributed by atoms with van der Waals surface area (Å²) in [5, 5.41) is 3.09. The molecule has 15 heavy (non-hydrogen) atoms. The van der Waals surface area contributed by atoms with Gasteiger partial charge in [-0.2, -0.15) is 0 Å². The molecule has 0 aliphatic carbocycles. The first-order valence-electron chi connectivity index (χ1n) is 5.99. The van der Waals surface area contributed by atoms with Crippen LogP contribution in [0.4, 0.5) is 0 Å². The van der Waals surface area contributed by atoms with Crippen LogP contribution >= 0.6 is 11.6 Å². The van der Waals surface area contributed by atoms with Gasteiger partial charge in [0.1, 0.15) is 0 Å². The molecule has 90 valence electrons. The van der Waals surface area contributed by atoms with Crippen LogP contribution in [0.5, 0.6) is 0 Å². The second-order valence-electron chi connectivity index (χ2n) is 4.30. The lowest BCUT2D eigenvalue weighted by Gasteiger charge is -2.14.